The molecule has 5 heteroatoms. The summed E-state index contributed by atoms with van der Waals surface area (Å²) < 4.78 is 0. The summed E-state index contributed by atoms with van der Waals surface area (Å²) >= 11 is 6.12. The highest BCUT2D eigenvalue weighted by Gasteiger charge is 2.41. The summed E-state index contributed by atoms with van der Waals surface area (Å²) in [7, 11) is 0. The smallest absolute Gasteiger partial charge is 0.307 e. The predicted molar refractivity (Wildman–Crippen MR) is 81.0 cm³/mol. The number of benzene rings is 1. The average Bonchev–Trinajstić information content (AvgIpc) is 2.81. The lowest BCUT2D eigenvalue weighted by atomic mass is 9.94. The van der Waals surface area contributed by atoms with Crippen molar-refractivity contribution in [1.29, 1.82) is 0 Å². The second-order valence-electron chi connectivity index (χ2n) is 5.88. The molecule has 0 bridgehead atoms. The average molecular weight is 310 g/mol. The van der Waals surface area contributed by atoms with Gasteiger partial charge in [-0.1, -0.05) is 36.7 Å². The van der Waals surface area contributed by atoms with Crippen LogP contribution in [0, 0.1) is 17.8 Å². The van der Waals surface area contributed by atoms with E-state index in [1.54, 1.807) is 6.07 Å². The largest absolute Gasteiger partial charge is 0.481 e. The number of carbonyl (C=O) groups is 2. The van der Waals surface area contributed by atoms with Crippen molar-refractivity contribution < 1.29 is 14.7 Å². The zero-order valence-corrected chi connectivity index (χ0v) is 12.9. The van der Waals surface area contributed by atoms with Crippen LogP contribution in [0.2, 0.25) is 5.02 Å². The van der Waals surface area contributed by atoms with Crippen LogP contribution >= 0.6 is 11.6 Å². The Balaban J connectivity index is 2.07. The van der Waals surface area contributed by atoms with Crippen molar-refractivity contribution in [2.45, 2.75) is 32.7 Å². The van der Waals surface area contributed by atoms with Gasteiger partial charge in [0.05, 0.1) is 17.9 Å². The summed E-state index contributed by atoms with van der Waals surface area (Å²) in [6.45, 7) is 3.84. The van der Waals surface area contributed by atoms with Gasteiger partial charge in [-0.05, 0) is 37.3 Å². The molecule has 1 amide bonds. The molecule has 0 aliphatic heterocycles. The van der Waals surface area contributed by atoms with E-state index < -0.39 is 17.8 Å². The van der Waals surface area contributed by atoms with E-state index in [4.69, 9.17) is 11.6 Å². The van der Waals surface area contributed by atoms with Crippen LogP contribution in [0.3, 0.4) is 0 Å². The van der Waals surface area contributed by atoms with Crippen LogP contribution in [-0.4, -0.2) is 17.0 Å². The third kappa shape index (κ3) is 3.56. The first-order chi connectivity index (χ1) is 9.90. The van der Waals surface area contributed by atoms with Crippen LogP contribution in [0.1, 0.15) is 38.3 Å². The lowest BCUT2D eigenvalue weighted by Crippen LogP contribution is -2.36. The van der Waals surface area contributed by atoms with E-state index in [0.717, 1.165) is 5.56 Å². The van der Waals surface area contributed by atoms with Gasteiger partial charge in [0, 0.05) is 5.02 Å². The summed E-state index contributed by atoms with van der Waals surface area (Å²) in [5.41, 5.74) is 0.838. The third-order valence-corrected chi connectivity index (χ3v) is 4.53. The van der Waals surface area contributed by atoms with Gasteiger partial charge in [-0.2, -0.15) is 0 Å². The molecule has 0 aromatic heterocycles. The van der Waals surface area contributed by atoms with E-state index >= 15 is 0 Å². The van der Waals surface area contributed by atoms with E-state index in [9.17, 15) is 14.7 Å². The Morgan fingerprint density at radius 3 is 2.52 bits per heavy atom. The summed E-state index contributed by atoms with van der Waals surface area (Å²) in [5, 5.41) is 12.7. The molecule has 1 aliphatic carbocycles. The van der Waals surface area contributed by atoms with Crippen LogP contribution in [0.25, 0.3) is 0 Å². The maximum Gasteiger partial charge on any atom is 0.307 e. The van der Waals surface area contributed by atoms with Gasteiger partial charge in [-0.3, -0.25) is 9.59 Å². The maximum absolute atomic E-state index is 12.4. The molecule has 1 unspecified atom stereocenters. The second-order valence-corrected chi connectivity index (χ2v) is 6.29. The summed E-state index contributed by atoms with van der Waals surface area (Å²) in [4.78, 5) is 23.7. The van der Waals surface area contributed by atoms with Crippen molar-refractivity contribution in [3.8, 4) is 0 Å². The Morgan fingerprint density at radius 2 is 1.90 bits per heavy atom. The molecule has 4 nitrogen and oxygen atoms in total. The highest BCUT2D eigenvalue weighted by Crippen LogP contribution is 2.37. The molecule has 2 rings (SSSR count). The van der Waals surface area contributed by atoms with Gasteiger partial charge in [-0.25, -0.2) is 0 Å². The molecule has 4 atom stereocenters. The van der Waals surface area contributed by atoms with Crippen LogP contribution in [0.5, 0.6) is 0 Å². The highest BCUT2D eigenvalue weighted by molar-refractivity contribution is 6.31. The maximum atomic E-state index is 12.4. The molecule has 0 radical (unpaired) electrons. The summed E-state index contributed by atoms with van der Waals surface area (Å²) in [6.07, 6.45) is 1.19. The Kier molecular flexibility index (Phi) is 4.88. The minimum atomic E-state index is -0.884. The van der Waals surface area contributed by atoms with Gasteiger partial charge in [0.25, 0.3) is 0 Å². The first kappa shape index (κ1) is 15.8. The van der Waals surface area contributed by atoms with Crippen molar-refractivity contribution >= 4 is 23.5 Å². The highest BCUT2D eigenvalue weighted by atomic mass is 35.5. The minimum Gasteiger partial charge on any atom is -0.481 e. The predicted octanol–water partition coefficient (Wildman–Crippen LogP) is 3.26. The van der Waals surface area contributed by atoms with Crippen LogP contribution in [-0.2, 0) is 9.59 Å². The van der Waals surface area contributed by atoms with Crippen LogP contribution < -0.4 is 5.32 Å². The number of amides is 1. The van der Waals surface area contributed by atoms with Crippen molar-refractivity contribution in [3.05, 3.63) is 34.9 Å². The van der Waals surface area contributed by atoms with E-state index in [2.05, 4.69) is 5.32 Å². The zero-order chi connectivity index (χ0) is 15.6. The topological polar surface area (TPSA) is 66.4 Å². The number of halogens is 1. The van der Waals surface area contributed by atoms with Gasteiger partial charge >= 0.3 is 5.97 Å². The molecule has 0 heterocycles. The molecule has 114 valence electrons. The molecule has 2 N–H and O–H groups in total. The summed E-state index contributed by atoms with van der Waals surface area (Å²) in [6, 6.07) is 7.09. The van der Waals surface area contributed by atoms with Crippen molar-refractivity contribution in [2.24, 2.45) is 17.8 Å². The van der Waals surface area contributed by atoms with Crippen molar-refractivity contribution in [3.63, 3.8) is 0 Å². The summed E-state index contributed by atoms with van der Waals surface area (Å²) in [5.74, 6) is -1.86. The molecule has 1 saturated carbocycles. The molecule has 1 aromatic carbocycles. The third-order valence-electron chi connectivity index (χ3n) is 4.18. The fourth-order valence-electron chi connectivity index (χ4n) is 3.08. The first-order valence-electron chi connectivity index (χ1n) is 7.17. The standard InChI is InChI=1S/C16H20ClNO3/c1-9-7-12(13(8-9)16(20)21)15(19)18-10(2)11-5-3-4-6-14(11)17/h3-6,9-10,12-13H,7-8H2,1-2H3,(H,18,19)(H,20,21)/t9?,10-,12-,13+/m0/s1. The molecule has 0 saturated heterocycles. The normalized spacial score (nSPS) is 26.3. The van der Waals surface area contributed by atoms with Crippen molar-refractivity contribution in [1.82, 2.24) is 5.32 Å². The van der Waals surface area contributed by atoms with E-state index in [0.29, 0.717) is 17.9 Å². The van der Waals surface area contributed by atoms with Gasteiger partial charge in [0.1, 0.15) is 0 Å². The molecule has 1 fully saturated rings. The fourth-order valence-corrected chi connectivity index (χ4v) is 3.38. The molecule has 1 aromatic rings. The van der Waals surface area contributed by atoms with Gasteiger partial charge in [-0.15, -0.1) is 0 Å². The fraction of sp³-hybridized carbons (Fsp3) is 0.500. The van der Waals surface area contributed by atoms with Crippen molar-refractivity contribution in [2.75, 3.05) is 0 Å². The molecule has 1 aliphatic rings. The van der Waals surface area contributed by atoms with E-state index in [1.165, 1.54) is 0 Å². The lowest BCUT2D eigenvalue weighted by molar-refractivity contribution is -0.146. The van der Waals surface area contributed by atoms with E-state index in [-0.39, 0.29) is 17.9 Å². The minimum absolute atomic E-state index is 0.195. The Bertz CT molecular complexity index is 546. The number of carboxylic acid groups (broad SMARTS) is 1. The number of hydrogen-bond acceptors (Lipinski definition) is 2. The SMILES string of the molecule is CC1C[C@H](C(=O)N[C@@H](C)c2ccccc2Cl)[C@H](C(=O)O)C1. The lowest BCUT2D eigenvalue weighted by Gasteiger charge is -2.20. The molecule has 21 heavy (non-hydrogen) atoms. The number of carbonyl (C=O) groups excluding carboxylic acids is 1. The first-order valence-corrected chi connectivity index (χ1v) is 7.55. The monoisotopic (exact) mass is 309 g/mol. The number of carboxylic acids is 1. The van der Waals surface area contributed by atoms with Gasteiger partial charge < -0.3 is 10.4 Å². The van der Waals surface area contributed by atoms with Gasteiger partial charge in [0.15, 0.2) is 0 Å². The Morgan fingerprint density at radius 1 is 1.29 bits per heavy atom. The van der Waals surface area contributed by atoms with Crippen LogP contribution in [0.15, 0.2) is 24.3 Å². The Labute approximate surface area is 129 Å². The second kappa shape index (κ2) is 6.48. The number of nitrogens with one attached hydrogen (secondary N) is 1. The molecule has 0 spiro atoms. The quantitative estimate of drug-likeness (QED) is 0.897. The number of hydrogen-bond donors (Lipinski definition) is 2. The van der Waals surface area contributed by atoms with E-state index in [1.807, 2.05) is 32.0 Å². The number of aliphatic carboxylic acids is 1. The van der Waals surface area contributed by atoms with Crippen LogP contribution in [0.4, 0.5) is 0 Å². The molecular formula is C16H20ClNO3. The number of rotatable bonds is 4. The Hall–Kier alpha value is -1.55. The zero-order valence-electron chi connectivity index (χ0n) is 12.2. The molecular weight excluding hydrogens is 290 g/mol. The van der Waals surface area contributed by atoms with Gasteiger partial charge in [0.2, 0.25) is 5.91 Å².